The number of amides is 1. The molecule has 3 N–H and O–H groups in total. The molecule has 55 heavy (non-hydrogen) atoms. The van der Waals surface area contributed by atoms with Crippen LogP contribution in [0.15, 0.2) is 48.6 Å². The zero-order valence-electron chi connectivity index (χ0n) is 36.0. The lowest BCUT2D eigenvalue weighted by Gasteiger charge is -2.31. The van der Waals surface area contributed by atoms with E-state index in [0.717, 1.165) is 51.4 Å². The van der Waals surface area contributed by atoms with E-state index in [9.17, 15) is 24.5 Å². The highest BCUT2D eigenvalue weighted by Crippen LogP contribution is 2.38. The maximum Gasteiger partial charge on any atom is 0.268 e. The van der Waals surface area contributed by atoms with Gasteiger partial charge in [-0.05, 0) is 84.0 Å². The zero-order chi connectivity index (χ0) is 40.9. The van der Waals surface area contributed by atoms with Gasteiger partial charge in [-0.15, -0.1) is 0 Å². The first-order valence-corrected chi connectivity index (χ1v) is 23.5. The Morgan fingerprint density at radius 2 is 1.13 bits per heavy atom. The van der Waals surface area contributed by atoms with E-state index in [-0.39, 0.29) is 18.9 Å². The number of phosphoric acid groups is 1. The number of allylic oxidation sites excluding steroid dienone is 8. The summed E-state index contributed by atoms with van der Waals surface area (Å²) in [5.74, 6) is -0.300. The number of nitrogens with zero attached hydrogens (tertiary/aromatic N) is 1. The van der Waals surface area contributed by atoms with Gasteiger partial charge in [0.15, 0.2) is 0 Å². The molecule has 0 saturated heterocycles. The summed E-state index contributed by atoms with van der Waals surface area (Å²) in [6, 6.07) is -1.10. The lowest BCUT2D eigenvalue weighted by molar-refractivity contribution is -0.870. The fraction of sp³-hybridized carbons (Fsp3) is 0.800. The molecule has 4 atom stereocenters. The van der Waals surface area contributed by atoms with E-state index in [4.69, 9.17) is 9.05 Å². The van der Waals surface area contributed by atoms with Crippen LogP contribution in [0.3, 0.4) is 0 Å². The smallest absolute Gasteiger partial charge is 0.268 e. The monoisotopic (exact) mass is 797 g/mol. The lowest BCUT2D eigenvalue weighted by Crippen LogP contribution is -2.51. The highest BCUT2D eigenvalue weighted by Gasteiger charge is 2.29. The van der Waals surface area contributed by atoms with Crippen LogP contribution in [-0.4, -0.2) is 79.8 Å². The Kier molecular flexibility index (Phi) is 35.7. The molecule has 9 nitrogen and oxygen atoms in total. The molecule has 0 aromatic heterocycles. The molecule has 0 fully saturated rings. The summed E-state index contributed by atoms with van der Waals surface area (Å²) in [7, 11) is 1.09. The van der Waals surface area contributed by atoms with Gasteiger partial charge in [0.2, 0.25) is 5.91 Å². The summed E-state index contributed by atoms with van der Waals surface area (Å²) in [5.41, 5.74) is 0. The van der Waals surface area contributed by atoms with Crippen LogP contribution >= 0.6 is 7.82 Å². The van der Waals surface area contributed by atoms with Crippen molar-refractivity contribution in [2.24, 2.45) is 0 Å². The molecule has 0 aromatic carbocycles. The third kappa shape index (κ3) is 37.7. The van der Waals surface area contributed by atoms with Gasteiger partial charge in [0.25, 0.3) is 7.82 Å². The molecule has 0 aromatic rings. The Hall–Kier alpha value is -1.58. The Morgan fingerprint density at radius 3 is 1.64 bits per heavy atom. The number of hydrogen-bond donors (Lipinski definition) is 3. The highest BCUT2D eigenvalue weighted by atomic mass is 31.2. The van der Waals surface area contributed by atoms with Crippen LogP contribution in [0.4, 0.5) is 0 Å². The van der Waals surface area contributed by atoms with E-state index in [1.807, 2.05) is 28.1 Å². The van der Waals surface area contributed by atoms with Crippen LogP contribution in [0.2, 0.25) is 0 Å². The summed E-state index contributed by atoms with van der Waals surface area (Å²) in [6.45, 7) is 4.17. The third-order valence-electron chi connectivity index (χ3n) is 9.68. The van der Waals surface area contributed by atoms with Crippen LogP contribution in [-0.2, 0) is 18.4 Å². The molecule has 1 amide bonds. The van der Waals surface area contributed by atoms with Crippen molar-refractivity contribution in [3.05, 3.63) is 48.6 Å². The predicted octanol–water partition coefficient (Wildman–Crippen LogP) is 10.4. The van der Waals surface area contributed by atoms with E-state index >= 15 is 0 Å². The SMILES string of the molecule is C/C=C/CC/C=C/CC/C=C/CCCC(O)C(O)C(COP(=O)([O-])OCC[N+](C)(C)C)NC(=O)CCCCCCCCCCC/C=C\CCCCCCCC. The average Bonchev–Trinajstić information content (AvgIpc) is 3.13. The Balaban J connectivity index is 4.51. The molecule has 0 bridgehead atoms. The van der Waals surface area contributed by atoms with Crippen molar-refractivity contribution in [3.8, 4) is 0 Å². The van der Waals surface area contributed by atoms with Gasteiger partial charge in [-0.25, -0.2) is 0 Å². The fourth-order valence-corrected chi connectivity index (χ4v) is 6.83. The topological polar surface area (TPSA) is 128 Å². The van der Waals surface area contributed by atoms with Gasteiger partial charge in [-0.3, -0.25) is 9.36 Å². The Morgan fingerprint density at radius 1 is 0.673 bits per heavy atom. The fourth-order valence-electron chi connectivity index (χ4n) is 6.11. The number of aliphatic hydroxyl groups is 2. The van der Waals surface area contributed by atoms with E-state index in [1.165, 1.54) is 83.5 Å². The molecule has 10 heteroatoms. The van der Waals surface area contributed by atoms with Gasteiger partial charge in [-0.2, -0.15) is 0 Å². The van der Waals surface area contributed by atoms with Crippen molar-refractivity contribution in [2.75, 3.05) is 40.9 Å². The van der Waals surface area contributed by atoms with Gasteiger partial charge < -0.3 is 34.0 Å². The molecular formula is C45H85N2O7P. The molecule has 4 unspecified atom stereocenters. The number of quaternary nitrogens is 1. The summed E-state index contributed by atoms with van der Waals surface area (Å²) in [4.78, 5) is 25.3. The number of hydrogen-bond acceptors (Lipinski definition) is 7. The first kappa shape index (κ1) is 53.4. The predicted molar refractivity (Wildman–Crippen MR) is 230 cm³/mol. The summed E-state index contributed by atoms with van der Waals surface area (Å²) in [5, 5.41) is 24.5. The number of unbranched alkanes of at least 4 members (excludes halogenated alkanes) is 18. The zero-order valence-corrected chi connectivity index (χ0v) is 36.9. The second-order valence-electron chi connectivity index (χ2n) is 16.2. The second-order valence-corrected chi connectivity index (χ2v) is 17.6. The van der Waals surface area contributed by atoms with E-state index in [2.05, 4.69) is 60.8 Å². The van der Waals surface area contributed by atoms with Crippen molar-refractivity contribution < 1.29 is 38.0 Å². The minimum absolute atomic E-state index is 0.0517. The molecule has 0 aliphatic heterocycles. The molecule has 0 saturated carbocycles. The summed E-state index contributed by atoms with van der Waals surface area (Å²) in [6.07, 6.45) is 41.7. The lowest BCUT2D eigenvalue weighted by atomic mass is 10.0. The quantitative estimate of drug-likeness (QED) is 0.0245. The van der Waals surface area contributed by atoms with E-state index in [1.54, 1.807) is 0 Å². The van der Waals surface area contributed by atoms with Crippen LogP contribution in [0.1, 0.15) is 174 Å². The molecule has 0 aliphatic carbocycles. The van der Waals surface area contributed by atoms with Crippen LogP contribution < -0.4 is 10.2 Å². The molecule has 0 aliphatic rings. The Bertz CT molecular complexity index is 1060. The number of carbonyl (C=O) groups excluding carboxylic acids is 1. The van der Waals surface area contributed by atoms with Crippen molar-refractivity contribution in [3.63, 3.8) is 0 Å². The van der Waals surface area contributed by atoms with Gasteiger partial charge in [0.05, 0.1) is 39.9 Å². The Labute approximate surface area is 338 Å². The number of likely N-dealkylation sites (N-methyl/N-ethyl adjacent to an activating group) is 1. The number of carbonyl (C=O) groups is 1. The molecule has 322 valence electrons. The molecule has 0 radical (unpaired) electrons. The number of rotatable bonds is 39. The van der Waals surface area contributed by atoms with Crippen LogP contribution in [0.5, 0.6) is 0 Å². The van der Waals surface area contributed by atoms with Crippen molar-refractivity contribution >= 4 is 13.7 Å². The van der Waals surface area contributed by atoms with Crippen LogP contribution in [0, 0.1) is 0 Å². The van der Waals surface area contributed by atoms with E-state index < -0.39 is 32.7 Å². The number of nitrogens with one attached hydrogen (secondary N) is 1. The first-order valence-electron chi connectivity index (χ1n) is 22.0. The second kappa shape index (κ2) is 36.7. The summed E-state index contributed by atoms with van der Waals surface area (Å²) < 4.78 is 23.1. The minimum Gasteiger partial charge on any atom is -0.756 e. The minimum atomic E-state index is -4.68. The third-order valence-corrected chi connectivity index (χ3v) is 10.6. The van der Waals surface area contributed by atoms with Gasteiger partial charge in [-0.1, -0.05) is 133 Å². The molecule has 0 heterocycles. The molecule has 0 rings (SSSR count). The standard InChI is InChI=1S/C45H85N2O7P/c1-6-8-10-12-14-16-18-20-21-22-23-24-25-26-28-30-32-34-36-38-44(49)46-42(41-54-55(51,52)53-40-39-47(3,4)5)45(50)43(48)37-35-33-31-29-27-19-17-15-13-11-9-7-2/h7,9,15,17,20-21,29,31,42-43,45,48,50H,6,8,10-14,16,18-19,22-28,30,32-41H2,1-5H3,(H-,46,49,51,52)/b9-7+,17-15+,21-20-,31-29+. The highest BCUT2D eigenvalue weighted by molar-refractivity contribution is 7.45. The normalized spacial score (nSPS) is 15.4. The first-order chi connectivity index (χ1) is 26.4. The van der Waals surface area contributed by atoms with Crippen molar-refractivity contribution in [1.82, 2.24) is 5.32 Å². The summed E-state index contributed by atoms with van der Waals surface area (Å²) >= 11 is 0. The average molecular weight is 797 g/mol. The van der Waals surface area contributed by atoms with Crippen LogP contribution in [0.25, 0.3) is 0 Å². The largest absolute Gasteiger partial charge is 0.756 e. The van der Waals surface area contributed by atoms with Crippen molar-refractivity contribution in [2.45, 2.75) is 193 Å². The van der Waals surface area contributed by atoms with Crippen molar-refractivity contribution in [1.29, 1.82) is 0 Å². The van der Waals surface area contributed by atoms with Gasteiger partial charge in [0.1, 0.15) is 19.3 Å². The maximum absolute atomic E-state index is 12.9. The van der Waals surface area contributed by atoms with Gasteiger partial charge in [0, 0.05) is 6.42 Å². The molecule has 0 spiro atoms. The number of aliphatic hydroxyl groups excluding tert-OH is 2. The van der Waals surface area contributed by atoms with E-state index in [0.29, 0.717) is 30.3 Å². The maximum atomic E-state index is 12.9. The number of phosphoric ester groups is 1. The van der Waals surface area contributed by atoms with Gasteiger partial charge >= 0.3 is 0 Å². The molecular weight excluding hydrogens is 711 g/mol.